The maximum absolute atomic E-state index is 14.3. The number of methoxy groups -OCH3 is 1. The molecule has 0 aliphatic carbocycles. The van der Waals surface area contributed by atoms with Gasteiger partial charge in [-0.15, -0.1) is 0 Å². The number of allylic oxidation sites excluding steroid dienone is 1. The van der Waals surface area contributed by atoms with E-state index >= 15 is 0 Å². The number of benzene rings is 2. The molecular weight excluding hydrogens is 380 g/mol. The molecule has 0 unspecified atom stereocenters. The first-order chi connectivity index (χ1) is 13.5. The van der Waals surface area contributed by atoms with Crippen LogP contribution in [0.5, 0.6) is 5.75 Å². The largest absolute Gasteiger partial charge is 0.497 e. The van der Waals surface area contributed by atoms with Crippen molar-refractivity contribution in [3.63, 3.8) is 0 Å². The molecule has 154 valence electrons. The number of halogens is 3. The lowest BCUT2D eigenvalue weighted by molar-refractivity contribution is -0.0685. The minimum Gasteiger partial charge on any atom is -0.497 e. The molecule has 0 spiro atoms. The maximum Gasteiger partial charge on any atom is 0.496 e. The van der Waals surface area contributed by atoms with Gasteiger partial charge in [-0.25, -0.2) is 0 Å². The summed E-state index contributed by atoms with van der Waals surface area (Å²) in [6.45, 7) is 7.26. The molecule has 29 heavy (non-hydrogen) atoms. The first-order valence-electron chi connectivity index (χ1n) is 9.33. The summed E-state index contributed by atoms with van der Waals surface area (Å²) in [5, 5.41) is 0. The quantitative estimate of drug-likeness (QED) is 0.476. The molecule has 3 rings (SSSR count). The van der Waals surface area contributed by atoms with Crippen molar-refractivity contribution in [2.75, 3.05) is 7.11 Å². The molecule has 1 saturated heterocycles. The van der Waals surface area contributed by atoms with Crippen LogP contribution in [0.4, 0.5) is 13.2 Å². The van der Waals surface area contributed by atoms with Crippen LogP contribution in [-0.2, 0) is 9.31 Å². The summed E-state index contributed by atoms with van der Waals surface area (Å²) >= 11 is 0. The Labute approximate surface area is 169 Å². The predicted molar refractivity (Wildman–Crippen MR) is 108 cm³/mol. The highest BCUT2D eigenvalue weighted by Gasteiger charge is 2.54. The van der Waals surface area contributed by atoms with E-state index in [9.17, 15) is 13.2 Å². The Morgan fingerprint density at radius 1 is 0.828 bits per heavy atom. The van der Waals surface area contributed by atoms with Crippen molar-refractivity contribution in [3.8, 4) is 5.75 Å². The highest BCUT2D eigenvalue weighted by Crippen LogP contribution is 2.46. The highest BCUT2D eigenvalue weighted by atomic mass is 19.4. The average molecular weight is 404 g/mol. The molecule has 0 bridgehead atoms. The third kappa shape index (κ3) is 4.21. The Morgan fingerprint density at radius 3 is 1.79 bits per heavy atom. The highest BCUT2D eigenvalue weighted by molar-refractivity contribution is 6.71. The van der Waals surface area contributed by atoms with Crippen LogP contribution >= 0.6 is 0 Å². The average Bonchev–Trinajstić information content (AvgIpc) is 2.86. The summed E-state index contributed by atoms with van der Waals surface area (Å²) in [6, 6.07) is 14.2. The zero-order valence-corrected chi connectivity index (χ0v) is 17.1. The zero-order valence-electron chi connectivity index (χ0n) is 17.1. The minimum atomic E-state index is -4.61. The third-order valence-corrected chi connectivity index (χ3v) is 5.51. The number of rotatable bonds is 4. The summed E-state index contributed by atoms with van der Waals surface area (Å²) in [6.07, 6.45) is -4.61. The molecule has 0 aromatic heterocycles. The zero-order chi connectivity index (χ0) is 21.4. The van der Waals surface area contributed by atoms with Crippen molar-refractivity contribution < 1.29 is 27.2 Å². The number of hydrogen-bond donors (Lipinski definition) is 0. The fourth-order valence-corrected chi connectivity index (χ4v) is 3.21. The third-order valence-electron chi connectivity index (χ3n) is 5.51. The van der Waals surface area contributed by atoms with Crippen LogP contribution in [-0.4, -0.2) is 31.6 Å². The first kappa shape index (κ1) is 21.5. The van der Waals surface area contributed by atoms with Crippen LogP contribution in [0, 0.1) is 0 Å². The molecule has 1 aliphatic rings. The van der Waals surface area contributed by atoms with Gasteiger partial charge in [-0.2, -0.15) is 13.2 Å². The summed E-state index contributed by atoms with van der Waals surface area (Å²) in [4.78, 5) is 0. The van der Waals surface area contributed by atoms with Gasteiger partial charge in [-0.3, -0.25) is 0 Å². The van der Waals surface area contributed by atoms with Crippen molar-refractivity contribution in [2.24, 2.45) is 0 Å². The molecule has 1 heterocycles. The molecule has 1 fully saturated rings. The predicted octanol–water partition coefficient (Wildman–Crippen LogP) is 5.80. The number of alkyl halides is 3. The Balaban J connectivity index is 2.27. The normalized spacial score (nSPS) is 19.1. The van der Waals surface area contributed by atoms with Crippen molar-refractivity contribution in [1.29, 1.82) is 0 Å². The lowest BCUT2D eigenvalue weighted by Crippen LogP contribution is -2.41. The molecule has 0 saturated carbocycles. The van der Waals surface area contributed by atoms with Gasteiger partial charge in [0.1, 0.15) is 5.75 Å². The van der Waals surface area contributed by atoms with Gasteiger partial charge in [0.2, 0.25) is 0 Å². The summed E-state index contributed by atoms with van der Waals surface area (Å²) in [5.41, 5.74) is -1.96. The Hall–Kier alpha value is -2.25. The van der Waals surface area contributed by atoms with Crippen molar-refractivity contribution in [2.45, 2.75) is 45.1 Å². The van der Waals surface area contributed by atoms with Crippen LogP contribution < -0.4 is 4.74 Å². The second-order valence-electron chi connectivity index (χ2n) is 7.97. The molecule has 0 N–H and O–H groups in total. The van der Waals surface area contributed by atoms with E-state index < -0.39 is 30.1 Å². The van der Waals surface area contributed by atoms with Gasteiger partial charge in [-0.05, 0) is 51.0 Å². The Morgan fingerprint density at radius 2 is 1.34 bits per heavy atom. The van der Waals surface area contributed by atoms with Crippen LogP contribution in [0.2, 0.25) is 0 Å². The van der Waals surface area contributed by atoms with E-state index in [0.717, 1.165) is 0 Å². The fourth-order valence-electron chi connectivity index (χ4n) is 3.21. The second kappa shape index (κ2) is 7.54. The molecule has 7 heteroatoms. The van der Waals surface area contributed by atoms with Gasteiger partial charge in [-0.1, -0.05) is 42.5 Å². The monoisotopic (exact) mass is 404 g/mol. The van der Waals surface area contributed by atoms with Crippen LogP contribution in [0.15, 0.2) is 54.6 Å². The van der Waals surface area contributed by atoms with Gasteiger partial charge in [0.25, 0.3) is 0 Å². The van der Waals surface area contributed by atoms with Crippen molar-refractivity contribution in [1.82, 2.24) is 0 Å². The van der Waals surface area contributed by atoms with Gasteiger partial charge < -0.3 is 14.0 Å². The van der Waals surface area contributed by atoms with E-state index in [4.69, 9.17) is 14.0 Å². The van der Waals surface area contributed by atoms with E-state index in [0.29, 0.717) is 11.3 Å². The topological polar surface area (TPSA) is 27.7 Å². The molecule has 2 aromatic carbocycles. The molecular formula is C22H24BF3O3. The second-order valence-corrected chi connectivity index (χ2v) is 7.97. The van der Waals surface area contributed by atoms with Gasteiger partial charge in [0.05, 0.1) is 23.9 Å². The van der Waals surface area contributed by atoms with Gasteiger partial charge in [0, 0.05) is 5.47 Å². The first-order valence-corrected chi connectivity index (χ1v) is 9.33. The van der Waals surface area contributed by atoms with Gasteiger partial charge >= 0.3 is 13.3 Å². The summed E-state index contributed by atoms with van der Waals surface area (Å²) in [5.74, 6) is 0.551. The number of ether oxygens (including phenoxy) is 1. The lowest BCUT2D eigenvalue weighted by Gasteiger charge is -2.32. The summed E-state index contributed by atoms with van der Waals surface area (Å²) < 4.78 is 60.2. The van der Waals surface area contributed by atoms with E-state index in [1.54, 1.807) is 42.5 Å². The fraction of sp³-hybridized carbons (Fsp3) is 0.364. The standard InChI is InChI=1S/C22H24BF3O3/c1-20(2)21(3,4)29-23(28-20)19(16-11-13-17(27-5)14-12-16)18(22(24,25)26)15-9-7-6-8-10-15/h6-14H,1-5H3/b19-18+. The van der Waals surface area contributed by atoms with Crippen LogP contribution in [0.3, 0.4) is 0 Å². The van der Waals surface area contributed by atoms with Crippen LogP contribution in [0.1, 0.15) is 38.8 Å². The molecule has 0 atom stereocenters. The Bertz CT molecular complexity index is 872. The molecule has 3 nitrogen and oxygen atoms in total. The minimum absolute atomic E-state index is 0.0509. The SMILES string of the molecule is COc1ccc(/C(B2OC(C)(C)C(C)(C)O2)=C(/c2ccccc2)C(F)(F)F)cc1. The van der Waals surface area contributed by atoms with E-state index in [2.05, 4.69) is 0 Å². The van der Waals surface area contributed by atoms with E-state index in [1.165, 1.54) is 19.2 Å². The van der Waals surface area contributed by atoms with E-state index in [1.807, 2.05) is 27.7 Å². The summed E-state index contributed by atoms with van der Waals surface area (Å²) in [7, 11) is 0.329. The molecule has 1 aliphatic heterocycles. The Kier molecular flexibility index (Phi) is 5.58. The maximum atomic E-state index is 14.3. The molecule has 2 aromatic rings. The van der Waals surface area contributed by atoms with Crippen molar-refractivity contribution in [3.05, 3.63) is 65.7 Å². The smallest absolute Gasteiger partial charge is 0.496 e. The molecule has 0 amide bonds. The van der Waals surface area contributed by atoms with Crippen LogP contribution in [0.25, 0.3) is 11.0 Å². The number of hydrogen-bond acceptors (Lipinski definition) is 3. The van der Waals surface area contributed by atoms with Crippen molar-refractivity contribution >= 4 is 18.2 Å². The van der Waals surface area contributed by atoms with E-state index in [-0.39, 0.29) is 11.0 Å². The van der Waals surface area contributed by atoms with Gasteiger partial charge in [0.15, 0.2) is 0 Å². The molecule has 0 radical (unpaired) electrons. The lowest BCUT2D eigenvalue weighted by atomic mass is 9.70.